The van der Waals surface area contributed by atoms with Crippen molar-refractivity contribution in [2.75, 3.05) is 7.11 Å². The van der Waals surface area contributed by atoms with Gasteiger partial charge in [-0.1, -0.05) is 41.2 Å². The Morgan fingerprint density at radius 2 is 1.80 bits per heavy atom. The third-order valence-corrected chi connectivity index (χ3v) is 1.79. The standard InChI is InChI=1S/C10H16O.2C2H6/c1-5-10(6-2)8-7-9(3)11-4;2*1-2/h1,10H,3,6-8H2,2,4H3;2*1-2H3. The van der Waals surface area contributed by atoms with Crippen molar-refractivity contribution in [3.8, 4) is 12.3 Å². The molecule has 0 N–H and O–H groups in total. The number of hydrogen-bond acceptors (Lipinski definition) is 1. The first-order valence-corrected chi connectivity index (χ1v) is 5.92. The van der Waals surface area contributed by atoms with E-state index in [9.17, 15) is 0 Å². The molecule has 1 atom stereocenters. The van der Waals surface area contributed by atoms with E-state index in [1.165, 1.54) is 0 Å². The third-order valence-electron chi connectivity index (χ3n) is 1.79. The molecule has 0 fully saturated rings. The Bertz CT molecular complexity index is 153. The van der Waals surface area contributed by atoms with E-state index in [2.05, 4.69) is 19.4 Å². The highest BCUT2D eigenvalue weighted by molar-refractivity contribution is 4.94. The summed E-state index contributed by atoms with van der Waals surface area (Å²) in [5.74, 6) is 3.93. The number of ether oxygens (including phenoxy) is 1. The number of rotatable bonds is 5. The van der Waals surface area contributed by atoms with E-state index in [-0.39, 0.29) is 0 Å². The Hall–Kier alpha value is -0.900. The summed E-state index contributed by atoms with van der Waals surface area (Å²) >= 11 is 0. The van der Waals surface area contributed by atoms with Crippen LogP contribution in [0, 0.1) is 18.3 Å². The van der Waals surface area contributed by atoms with Gasteiger partial charge in [0.05, 0.1) is 12.9 Å². The molecule has 0 aromatic heterocycles. The molecule has 15 heavy (non-hydrogen) atoms. The molecule has 0 aliphatic rings. The summed E-state index contributed by atoms with van der Waals surface area (Å²) in [5.41, 5.74) is 0. The van der Waals surface area contributed by atoms with Crippen LogP contribution in [0.1, 0.15) is 53.9 Å². The molecule has 0 rings (SSSR count). The molecule has 1 nitrogen and oxygen atoms in total. The zero-order chi connectivity index (χ0) is 12.7. The van der Waals surface area contributed by atoms with E-state index in [4.69, 9.17) is 11.2 Å². The fourth-order valence-corrected chi connectivity index (χ4v) is 0.843. The van der Waals surface area contributed by atoms with Crippen molar-refractivity contribution in [2.45, 2.75) is 53.9 Å². The zero-order valence-electron chi connectivity index (χ0n) is 11.4. The maximum absolute atomic E-state index is 5.29. The van der Waals surface area contributed by atoms with Gasteiger partial charge in [0.25, 0.3) is 0 Å². The normalized spacial score (nSPS) is 9.40. The minimum atomic E-state index is 0.377. The van der Waals surface area contributed by atoms with Gasteiger partial charge in [0, 0.05) is 12.3 Å². The van der Waals surface area contributed by atoms with Crippen molar-refractivity contribution in [2.24, 2.45) is 5.92 Å². The first-order chi connectivity index (χ1) is 7.24. The highest BCUT2D eigenvalue weighted by atomic mass is 16.5. The second kappa shape index (κ2) is 18.8. The minimum absolute atomic E-state index is 0.377. The molecule has 0 heterocycles. The van der Waals surface area contributed by atoms with Gasteiger partial charge in [-0.3, -0.25) is 0 Å². The average molecular weight is 212 g/mol. The van der Waals surface area contributed by atoms with Crippen LogP contribution in [0.2, 0.25) is 0 Å². The molecule has 0 radical (unpaired) electrons. The molecular weight excluding hydrogens is 184 g/mol. The molecule has 0 saturated carbocycles. The molecular formula is C14H28O. The topological polar surface area (TPSA) is 9.23 Å². The zero-order valence-corrected chi connectivity index (χ0v) is 11.4. The van der Waals surface area contributed by atoms with Crippen molar-refractivity contribution in [3.63, 3.8) is 0 Å². The predicted octanol–water partition coefficient (Wildman–Crippen LogP) is 4.64. The summed E-state index contributed by atoms with van der Waals surface area (Å²) in [6.45, 7) is 13.8. The van der Waals surface area contributed by atoms with Gasteiger partial charge in [0.2, 0.25) is 0 Å². The van der Waals surface area contributed by atoms with E-state index in [0.29, 0.717) is 5.92 Å². The molecule has 1 unspecified atom stereocenters. The summed E-state index contributed by atoms with van der Waals surface area (Å²) in [6, 6.07) is 0. The lowest BCUT2D eigenvalue weighted by Crippen LogP contribution is -1.96. The number of hydrogen-bond donors (Lipinski definition) is 0. The van der Waals surface area contributed by atoms with Gasteiger partial charge in [-0.2, -0.15) is 0 Å². The van der Waals surface area contributed by atoms with Gasteiger partial charge in [0.15, 0.2) is 0 Å². The number of terminal acetylenes is 1. The summed E-state index contributed by atoms with van der Waals surface area (Å²) < 4.78 is 4.93. The van der Waals surface area contributed by atoms with Crippen LogP contribution in [0.3, 0.4) is 0 Å². The maximum atomic E-state index is 5.29. The van der Waals surface area contributed by atoms with E-state index >= 15 is 0 Å². The van der Waals surface area contributed by atoms with Crippen molar-refractivity contribution in [3.05, 3.63) is 12.3 Å². The van der Waals surface area contributed by atoms with Crippen molar-refractivity contribution in [1.82, 2.24) is 0 Å². The van der Waals surface area contributed by atoms with Gasteiger partial charge in [0.1, 0.15) is 0 Å². The molecule has 0 aromatic carbocycles. The lowest BCUT2D eigenvalue weighted by Gasteiger charge is -2.07. The van der Waals surface area contributed by atoms with Crippen LogP contribution in [-0.4, -0.2) is 7.11 Å². The fourth-order valence-electron chi connectivity index (χ4n) is 0.843. The average Bonchev–Trinajstić information content (AvgIpc) is 2.35. The second-order valence-corrected chi connectivity index (χ2v) is 2.55. The molecule has 0 amide bonds. The lowest BCUT2D eigenvalue weighted by atomic mass is 10.0. The quantitative estimate of drug-likeness (QED) is 0.476. The maximum Gasteiger partial charge on any atom is 0.0884 e. The summed E-state index contributed by atoms with van der Waals surface area (Å²) in [7, 11) is 1.64. The van der Waals surface area contributed by atoms with Gasteiger partial charge < -0.3 is 4.74 Å². The predicted molar refractivity (Wildman–Crippen MR) is 70.7 cm³/mol. The number of allylic oxidation sites excluding steroid dienone is 1. The summed E-state index contributed by atoms with van der Waals surface area (Å²) in [6.07, 6.45) is 8.19. The Balaban J connectivity index is -0.000000318. The van der Waals surface area contributed by atoms with Crippen LogP contribution >= 0.6 is 0 Å². The lowest BCUT2D eigenvalue weighted by molar-refractivity contribution is 0.273. The van der Waals surface area contributed by atoms with Crippen LogP contribution in [0.4, 0.5) is 0 Å². The monoisotopic (exact) mass is 212 g/mol. The van der Waals surface area contributed by atoms with Crippen LogP contribution in [0.5, 0.6) is 0 Å². The smallest absolute Gasteiger partial charge is 0.0884 e. The van der Waals surface area contributed by atoms with Crippen molar-refractivity contribution in [1.29, 1.82) is 0 Å². The summed E-state index contributed by atoms with van der Waals surface area (Å²) in [4.78, 5) is 0. The Labute approximate surface area is 96.9 Å². The van der Waals surface area contributed by atoms with Crippen LogP contribution in [0.25, 0.3) is 0 Å². The molecule has 0 bridgehead atoms. The van der Waals surface area contributed by atoms with Crippen LogP contribution in [0.15, 0.2) is 12.3 Å². The molecule has 1 heteroatoms. The number of methoxy groups -OCH3 is 1. The molecule has 90 valence electrons. The molecule has 0 aliphatic heterocycles. The van der Waals surface area contributed by atoms with Crippen LogP contribution in [-0.2, 0) is 4.74 Å². The van der Waals surface area contributed by atoms with E-state index in [1.54, 1.807) is 7.11 Å². The van der Waals surface area contributed by atoms with Crippen molar-refractivity contribution < 1.29 is 4.74 Å². The van der Waals surface area contributed by atoms with Crippen LogP contribution < -0.4 is 0 Å². The second-order valence-electron chi connectivity index (χ2n) is 2.55. The third kappa shape index (κ3) is 15.8. The Morgan fingerprint density at radius 3 is 2.07 bits per heavy atom. The Morgan fingerprint density at radius 1 is 1.33 bits per heavy atom. The van der Waals surface area contributed by atoms with Gasteiger partial charge in [-0.15, -0.1) is 12.3 Å². The van der Waals surface area contributed by atoms with E-state index < -0.39 is 0 Å². The largest absolute Gasteiger partial charge is 0.502 e. The van der Waals surface area contributed by atoms with Crippen molar-refractivity contribution >= 4 is 0 Å². The van der Waals surface area contributed by atoms with E-state index in [1.807, 2.05) is 27.7 Å². The molecule has 0 spiro atoms. The first kappa shape index (κ1) is 19.6. The van der Waals surface area contributed by atoms with E-state index in [0.717, 1.165) is 25.0 Å². The van der Waals surface area contributed by atoms with Gasteiger partial charge in [-0.25, -0.2) is 0 Å². The first-order valence-electron chi connectivity index (χ1n) is 5.92. The fraction of sp³-hybridized carbons (Fsp3) is 0.714. The minimum Gasteiger partial charge on any atom is -0.502 e. The van der Waals surface area contributed by atoms with Gasteiger partial charge in [-0.05, 0) is 12.8 Å². The molecule has 0 aliphatic carbocycles. The molecule has 0 saturated heterocycles. The SMILES string of the molecule is C#CC(CC)CCC(=C)OC.CC.CC. The Kier molecular flexibility index (Phi) is 24.6. The molecule has 0 aromatic rings. The highest BCUT2D eigenvalue weighted by Crippen LogP contribution is 2.13. The summed E-state index contributed by atoms with van der Waals surface area (Å²) in [5, 5.41) is 0. The van der Waals surface area contributed by atoms with Gasteiger partial charge >= 0.3 is 0 Å². The highest BCUT2D eigenvalue weighted by Gasteiger charge is 2.02.